The molecule has 0 aliphatic heterocycles. The highest BCUT2D eigenvalue weighted by molar-refractivity contribution is 7.89. The molecule has 0 bridgehead atoms. The van der Waals surface area contributed by atoms with Crippen LogP contribution < -0.4 is 10.6 Å². The largest absolute Gasteiger partial charge is 0.348 e. The van der Waals surface area contributed by atoms with Gasteiger partial charge in [0.1, 0.15) is 4.90 Å². The number of benzene rings is 2. The molecule has 0 heterocycles. The van der Waals surface area contributed by atoms with Gasteiger partial charge < -0.3 is 10.6 Å². The summed E-state index contributed by atoms with van der Waals surface area (Å²) in [7, 11) is -0.833. The molecule has 2 amide bonds. The Hall–Kier alpha value is -2.97. The molecule has 0 atom stereocenters. The molecule has 0 aliphatic carbocycles. The van der Waals surface area contributed by atoms with Gasteiger partial charge in [-0.25, -0.2) is 12.7 Å². The molecule has 142 valence electrons. The number of rotatable bonds is 7. The van der Waals surface area contributed by atoms with Crippen molar-refractivity contribution in [2.45, 2.75) is 11.4 Å². The van der Waals surface area contributed by atoms with Crippen molar-refractivity contribution in [3.8, 4) is 0 Å². The maximum atomic E-state index is 12.5. The van der Waals surface area contributed by atoms with Crippen LogP contribution in [0.15, 0.2) is 66.1 Å². The van der Waals surface area contributed by atoms with Crippen LogP contribution in [0.5, 0.6) is 0 Å². The standard InChI is InChI=1S/C19H21N3O4S/c1-4-18(23)20-13-14-9-11-15(12-10-14)19(24)21-16-7-5-6-8-17(16)27(25,26)22(2)3/h4-12H,1,13H2,2-3H3,(H,20,23)(H,21,24). The molecule has 2 rings (SSSR count). The molecule has 2 aromatic rings. The monoisotopic (exact) mass is 387 g/mol. The summed E-state index contributed by atoms with van der Waals surface area (Å²) >= 11 is 0. The predicted octanol–water partition coefficient (Wildman–Crippen LogP) is 1.99. The maximum absolute atomic E-state index is 12.5. The van der Waals surface area contributed by atoms with Gasteiger partial charge >= 0.3 is 0 Å². The lowest BCUT2D eigenvalue weighted by Gasteiger charge is -2.15. The Kier molecular flexibility index (Phi) is 6.49. The first-order valence-corrected chi connectivity index (χ1v) is 9.52. The molecule has 0 saturated heterocycles. The summed E-state index contributed by atoms with van der Waals surface area (Å²) < 4.78 is 25.9. The summed E-state index contributed by atoms with van der Waals surface area (Å²) in [5, 5.41) is 5.28. The van der Waals surface area contributed by atoms with E-state index in [1.165, 1.54) is 32.3 Å². The summed E-state index contributed by atoms with van der Waals surface area (Å²) in [5.41, 5.74) is 1.39. The second-order valence-corrected chi connectivity index (χ2v) is 7.98. The van der Waals surface area contributed by atoms with Crippen LogP contribution in [-0.2, 0) is 21.4 Å². The Morgan fingerprint density at radius 2 is 1.70 bits per heavy atom. The van der Waals surface area contributed by atoms with Crippen molar-refractivity contribution in [3.63, 3.8) is 0 Å². The Balaban J connectivity index is 2.17. The number of anilines is 1. The Morgan fingerprint density at radius 3 is 2.30 bits per heavy atom. The van der Waals surface area contributed by atoms with E-state index in [0.717, 1.165) is 9.87 Å². The van der Waals surface area contributed by atoms with E-state index in [9.17, 15) is 18.0 Å². The molecule has 8 heteroatoms. The van der Waals surface area contributed by atoms with Gasteiger partial charge in [-0.05, 0) is 35.9 Å². The van der Waals surface area contributed by atoms with Crippen molar-refractivity contribution >= 4 is 27.5 Å². The van der Waals surface area contributed by atoms with Gasteiger partial charge in [0.2, 0.25) is 15.9 Å². The number of nitrogens with zero attached hydrogens (tertiary/aromatic N) is 1. The molecule has 0 saturated carbocycles. The Labute approximate surface area is 158 Å². The third-order valence-corrected chi connectivity index (χ3v) is 5.64. The van der Waals surface area contributed by atoms with Crippen molar-refractivity contribution in [1.29, 1.82) is 0 Å². The molecule has 2 aromatic carbocycles. The highest BCUT2D eigenvalue weighted by Gasteiger charge is 2.22. The number of hydrogen-bond acceptors (Lipinski definition) is 4. The quantitative estimate of drug-likeness (QED) is 0.710. The van der Waals surface area contributed by atoms with Crippen LogP contribution in [0.25, 0.3) is 0 Å². The van der Waals surface area contributed by atoms with Crippen molar-refractivity contribution < 1.29 is 18.0 Å². The lowest BCUT2D eigenvalue weighted by atomic mass is 10.1. The van der Waals surface area contributed by atoms with Crippen LogP contribution in [0.4, 0.5) is 5.69 Å². The van der Waals surface area contributed by atoms with Crippen molar-refractivity contribution in [3.05, 3.63) is 72.3 Å². The zero-order valence-corrected chi connectivity index (χ0v) is 15.9. The summed E-state index contributed by atoms with van der Waals surface area (Å²) in [6, 6.07) is 12.8. The topological polar surface area (TPSA) is 95.6 Å². The van der Waals surface area contributed by atoms with Gasteiger partial charge in [-0.2, -0.15) is 0 Å². The number of carbonyl (C=O) groups excluding carboxylic acids is 2. The Morgan fingerprint density at radius 1 is 1.07 bits per heavy atom. The van der Waals surface area contributed by atoms with Gasteiger partial charge in [0.15, 0.2) is 0 Å². The molecular weight excluding hydrogens is 366 g/mol. The molecule has 0 aliphatic rings. The van der Waals surface area contributed by atoms with Gasteiger partial charge in [-0.3, -0.25) is 9.59 Å². The summed E-state index contributed by atoms with van der Waals surface area (Å²) in [5.74, 6) is -0.714. The molecule has 0 aromatic heterocycles. The fraction of sp³-hybridized carbons (Fsp3) is 0.158. The molecule has 27 heavy (non-hydrogen) atoms. The Bertz CT molecular complexity index is 951. The van der Waals surface area contributed by atoms with E-state index in [0.29, 0.717) is 12.1 Å². The van der Waals surface area contributed by atoms with E-state index in [-0.39, 0.29) is 16.5 Å². The van der Waals surface area contributed by atoms with Gasteiger partial charge in [-0.15, -0.1) is 0 Å². The van der Waals surface area contributed by atoms with Crippen molar-refractivity contribution in [2.24, 2.45) is 0 Å². The van der Waals surface area contributed by atoms with Crippen LogP contribution >= 0.6 is 0 Å². The molecule has 2 N–H and O–H groups in total. The minimum atomic E-state index is -3.69. The second-order valence-electron chi connectivity index (χ2n) is 5.86. The molecule has 0 unspecified atom stereocenters. The number of carbonyl (C=O) groups is 2. The lowest BCUT2D eigenvalue weighted by molar-refractivity contribution is -0.116. The first-order chi connectivity index (χ1) is 12.8. The SMILES string of the molecule is C=CC(=O)NCc1ccc(C(=O)Nc2ccccc2S(=O)(=O)N(C)C)cc1. The zero-order valence-electron chi connectivity index (χ0n) is 15.1. The summed E-state index contributed by atoms with van der Waals surface area (Å²) in [6.45, 7) is 3.69. The van der Waals surface area contributed by atoms with Crippen LogP contribution in [0.1, 0.15) is 15.9 Å². The first-order valence-electron chi connectivity index (χ1n) is 8.08. The third kappa shape index (κ3) is 5.02. The fourth-order valence-electron chi connectivity index (χ4n) is 2.22. The van der Waals surface area contributed by atoms with Gasteiger partial charge in [0, 0.05) is 26.2 Å². The normalized spacial score (nSPS) is 11.1. The van der Waals surface area contributed by atoms with E-state index >= 15 is 0 Å². The predicted molar refractivity (Wildman–Crippen MR) is 104 cm³/mol. The average Bonchev–Trinajstić information content (AvgIpc) is 2.66. The number of sulfonamides is 1. The van der Waals surface area contributed by atoms with E-state index in [2.05, 4.69) is 17.2 Å². The molecule has 0 radical (unpaired) electrons. The maximum Gasteiger partial charge on any atom is 0.255 e. The zero-order chi connectivity index (χ0) is 20.0. The van der Waals surface area contributed by atoms with E-state index in [1.54, 1.807) is 36.4 Å². The van der Waals surface area contributed by atoms with Gasteiger partial charge in [-0.1, -0.05) is 30.8 Å². The van der Waals surface area contributed by atoms with Gasteiger partial charge in [0.25, 0.3) is 5.91 Å². The van der Waals surface area contributed by atoms with Crippen LogP contribution in [0.2, 0.25) is 0 Å². The lowest BCUT2D eigenvalue weighted by Crippen LogP contribution is -2.24. The van der Waals surface area contributed by atoms with Crippen molar-refractivity contribution in [1.82, 2.24) is 9.62 Å². The number of hydrogen-bond donors (Lipinski definition) is 2. The number of amides is 2. The highest BCUT2D eigenvalue weighted by Crippen LogP contribution is 2.23. The van der Waals surface area contributed by atoms with Crippen LogP contribution in [-0.4, -0.2) is 38.6 Å². The van der Waals surface area contributed by atoms with Crippen molar-refractivity contribution in [2.75, 3.05) is 19.4 Å². The van der Waals surface area contributed by atoms with E-state index in [4.69, 9.17) is 0 Å². The fourth-order valence-corrected chi connectivity index (χ4v) is 3.26. The molecule has 0 spiro atoms. The minimum Gasteiger partial charge on any atom is -0.348 e. The first kappa shape index (κ1) is 20.3. The number of nitrogens with one attached hydrogen (secondary N) is 2. The second kappa shape index (κ2) is 8.61. The highest BCUT2D eigenvalue weighted by atomic mass is 32.2. The summed E-state index contributed by atoms with van der Waals surface area (Å²) in [4.78, 5) is 23.7. The summed E-state index contributed by atoms with van der Waals surface area (Å²) in [6.07, 6.45) is 1.18. The third-order valence-electron chi connectivity index (χ3n) is 3.76. The van der Waals surface area contributed by atoms with E-state index < -0.39 is 15.9 Å². The minimum absolute atomic E-state index is 0.0205. The molecule has 0 fully saturated rings. The van der Waals surface area contributed by atoms with E-state index in [1.807, 2.05) is 0 Å². The van der Waals surface area contributed by atoms with Crippen LogP contribution in [0.3, 0.4) is 0 Å². The molecular formula is C19H21N3O4S. The molecule has 7 nitrogen and oxygen atoms in total. The smallest absolute Gasteiger partial charge is 0.255 e. The van der Waals surface area contributed by atoms with Gasteiger partial charge in [0.05, 0.1) is 5.69 Å². The average molecular weight is 387 g/mol. The number of para-hydroxylation sites is 1. The van der Waals surface area contributed by atoms with Crippen LogP contribution in [0, 0.1) is 0 Å².